The molecule has 9 heteroatoms. The first-order chi connectivity index (χ1) is 18.4. The first kappa shape index (κ1) is 26.8. The zero-order valence-electron chi connectivity index (χ0n) is 22.9. The molecule has 0 spiro atoms. The zero-order chi connectivity index (χ0) is 27.0. The molecule has 2 aliphatic heterocycles. The summed E-state index contributed by atoms with van der Waals surface area (Å²) in [6.45, 7) is 8.59. The molecule has 1 N–H and O–H groups in total. The van der Waals surface area contributed by atoms with Crippen LogP contribution in [0.3, 0.4) is 0 Å². The maximum Gasteiger partial charge on any atom is 0.252 e. The number of hydrogen-bond donors (Lipinski definition) is 1. The molecule has 206 valence electrons. The van der Waals surface area contributed by atoms with E-state index in [4.69, 9.17) is 9.84 Å². The van der Waals surface area contributed by atoms with Crippen LogP contribution in [0.1, 0.15) is 76.3 Å². The normalized spacial score (nSPS) is 23.7. The standard InChI is InChI=1S/C29H40FN5O3/c1-5-22-16-34(23(6-2)15-33(22)19(3)24-11-10-21(30)13-20(24)18-36)25-14-27(37)32(4)26-17-35(31-29(25)26)28-9-7-8-12-38-28/h10-11,13-14,17,19,22-23,28,36H,5-9,12,15-16,18H2,1-4H3/t19?,22-,23+,28?/m1/s1. The number of pyridine rings is 1. The summed E-state index contributed by atoms with van der Waals surface area (Å²) in [5.74, 6) is -0.332. The van der Waals surface area contributed by atoms with Gasteiger partial charge in [-0.15, -0.1) is 0 Å². The van der Waals surface area contributed by atoms with Crippen molar-refractivity contribution in [2.75, 3.05) is 24.6 Å². The molecule has 2 aliphatic rings. The molecule has 0 aliphatic carbocycles. The van der Waals surface area contributed by atoms with Gasteiger partial charge < -0.3 is 19.3 Å². The van der Waals surface area contributed by atoms with Crippen molar-refractivity contribution < 1.29 is 14.2 Å². The summed E-state index contributed by atoms with van der Waals surface area (Å²) in [5, 5.41) is 14.9. The Morgan fingerprint density at radius 1 is 1.16 bits per heavy atom. The van der Waals surface area contributed by atoms with Crippen molar-refractivity contribution in [1.29, 1.82) is 0 Å². The largest absolute Gasteiger partial charge is 0.392 e. The van der Waals surface area contributed by atoms with Crippen LogP contribution in [0.15, 0.2) is 35.3 Å². The monoisotopic (exact) mass is 525 g/mol. The summed E-state index contributed by atoms with van der Waals surface area (Å²) in [6.07, 6.45) is 6.77. The molecule has 2 fully saturated rings. The highest BCUT2D eigenvalue weighted by Crippen LogP contribution is 2.36. The minimum absolute atomic E-state index is 0.0187. The van der Waals surface area contributed by atoms with Gasteiger partial charge in [-0.05, 0) is 62.3 Å². The first-order valence-corrected chi connectivity index (χ1v) is 14.0. The van der Waals surface area contributed by atoms with Gasteiger partial charge in [-0.25, -0.2) is 9.07 Å². The first-order valence-electron chi connectivity index (χ1n) is 14.0. The number of anilines is 1. The average Bonchev–Trinajstić information content (AvgIpc) is 3.40. The van der Waals surface area contributed by atoms with E-state index in [1.165, 1.54) is 12.1 Å². The van der Waals surface area contributed by atoms with Crippen molar-refractivity contribution >= 4 is 16.7 Å². The second kappa shape index (κ2) is 11.2. The van der Waals surface area contributed by atoms with E-state index >= 15 is 0 Å². The van der Waals surface area contributed by atoms with Crippen molar-refractivity contribution in [1.82, 2.24) is 19.2 Å². The predicted molar refractivity (Wildman–Crippen MR) is 147 cm³/mol. The van der Waals surface area contributed by atoms with Gasteiger partial charge in [0, 0.05) is 50.9 Å². The number of aromatic nitrogens is 3. The van der Waals surface area contributed by atoms with Crippen LogP contribution < -0.4 is 10.5 Å². The van der Waals surface area contributed by atoms with Crippen LogP contribution >= 0.6 is 0 Å². The Labute approximate surface area is 223 Å². The predicted octanol–water partition coefficient (Wildman–Crippen LogP) is 4.51. The Morgan fingerprint density at radius 3 is 2.63 bits per heavy atom. The number of aliphatic hydroxyl groups excluding tert-OH is 1. The lowest BCUT2D eigenvalue weighted by atomic mass is 9.94. The number of aliphatic hydroxyl groups is 1. The lowest BCUT2D eigenvalue weighted by Crippen LogP contribution is -2.59. The summed E-state index contributed by atoms with van der Waals surface area (Å²) in [7, 11) is 1.80. The van der Waals surface area contributed by atoms with Crippen LogP contribution in [-0.4, -0.2) is 56.1 Å². The molecule has 4 heterocycles. The van der Waals surface area contributed by atoms with Gasteiger partial charge in [0.1, 0.15) is 17.6 Å². The molecule has 2 aromatic heterocycles. The highest BCUT2D eigenvalue weighted by atomic mass is 19.1. The van der Waals surface area contributed by atoms with Crippen molar-refractivity contribution in [3.05, 3.63) is 57.8 Å². The molecule has 0 amide bonds. The lowest BCUT2D eigenvalue weighted by molar-refractivity contribution is -0.0390. The Hall–Kier alpha value is -2.75. The molecule has 3 aromatic rings. The Bertz CT molecular complexity index is 1330. The molecule has 5 rings (SSSR count). The quantitative estimate of drug-likeness (QED) is 0.489. The zero-order valence-corrected chi connectivity index (χ0v) is 22.9. The Morgan fingerprint density at radius 2 is 1.95 bits per heavy atom. The van der Waals surface area contributed by atoms with E-state index in [2.05, 4.69) is 30.6 Å². The molecule has 2 unspecified atom stereocenters. The summed E-state index contributed by atoms with van der Waals surface area (Å²) in [5.41, 5.74) is 4.07. The highest BCUT2D eigenvalue weighted by Gasteiger charge is 2.37. The molecular formula is C29H40FN5O3. The third-order valence-electron chi connectivity index (χ3n) is 8.57. The topological polar surface area (TPSA) is 75.8 Å². The Kier molecular flexibility index (Phi) is 7.88. The number of fused-ring (bicyclic) bond motifs is 1. The number of rotatable bonds is 7. The molecule has 1 aromatic carbocycles. The lowest BCUT2D eigenvalue weighted by Gasteiger charge is -2.49. The van der Waals surface area contributed by atoms with Gasteiger partial charge in [-0.2, -0.15) is 5.10 Å². The third-order valence-corrected chi connectivity index (χ3v) is 8.57. The summed E-state index contributed by atoms with van der Waals surface area (Å²) < 4.78 is 23.4. The van der Waals surface area contributed by atoms with Crippen LogP contribution in [0.4, 0.5) is 10.1 Å². The molecule has 8 nitrogen and oxygen atoms in total. The van der Waals surface area contributed by atoms with Crippen molar-refractivity contribution in [3.8, 4) is 0 Å². The molecule has 2 saturated heterocycles. The van der Waals surface area contributed by atoms with E-state index in [-0.39, 0.29) is 42.3 Å². The van der Waals surface area contributed by atoms with Gasteiger partial charge in [0.2, 0.25) is 0 Å². The van der Waals surface area contributed by atoms with Gasteiger partial charge >= 0.3 is 0 Å². The third kappa shape index (κ3) is 4.87. The van der Waals surface area contributed by atoms with E-state index in [0.29, 0.717) is 5.56 Å². The van der Waals surface area contributed by atoms with E-state index < -0.39 is 0 Å². The van der Waals surface area contributed by atoms with E-state index in [9.17, 15) is 14.3 Å². The van der Waals surface area contributed by atoms with E-state index in [1.54, 1.807) is 23.7 Å². The maximum absolute atomic E-state index is 13.9. The highest BCUT2D eigenvalue weighted by molar-refractivity contribution is 5.88. The smallest absolute Gasteiger partial charge is 0.252 e. The number of halogens is 1. The number of aryl methyl sites for hydroxylation is 1. The van der Waals surface area contributed by atoms with Crippen LogP contribution in [-0.2, 0) is 18.4 Å². The van der Waals surface area contributed by atoms with Crippen molar-refractivity contribution in [2.24, 2.45) is 7.05 Å². The van der Waals surface area contributed by atoms with Crippen LogP contribution in [0.5, 0.6) is 0 Å². The average molecular weight is 526 g/mol. The fourth-order valence-corrected chi connectivity index (χ4v) is 6.26. The number of hydrogen-bond acceptors (Lipinski definition) is 6. The van der Waals surface area contributed by atoms with Gasteiger partial charge in [-0.3, -0.25) is 9.69 Å². The van der Waals surface area contributed by atoms with Crippen molar-refractivity contribution in [3.63, 3.8) is 0 Å². The van der Waals surface area contributed by atoms with Crippen LogP contribution in [0, 0.1) is 5.82 Å². The molecule has 0 radical (unpaired) electrons. The molecule has 38 heavy (non-hydrogen) atoms. The molecule has 4 atom stereocenters. The summed E-state index contributed by atoms with van der Waals surface area (Å²) in [4.78, 5) is 17.9. The number of ether oxygens (including phenoxy) is 1. The number of benzene rings is 1. The molecule has 0 bridgehead atoms. The minimum atomic E-state index is -0.332. The SMILES string of the molecule is CC[C@H]1CN(C(C)c2ccc(F)cc2CO)[C@H](CC)CN1c1cc(=O)n(C)c2cn(C3CCCCO3)nc12. The number of nitrogens with zero attached hydrogens (tertiary/aromatic N) is 5. The van der Waals surface area contributed by atoms with E-state index in [0.717, 1.165) is 74.1 Å². The minimum Gasteiger partial charge on any atom is -0.392 e. The second-order valence-corrected chi connectivity index (χ2v) is 10.7. The fraction of sp³-hybridized carbons (Fsp3) is 0.586. The van der Waals surface area contributed by atoms with Gasteiger partial charge in [0.25, 0.3) is 5.56 Å². The van der Waals surface area contributed by atoms with Crippen LogP contribution in [0.25, 0.3) is 11.0 Å². The van der Waals surface area contributed by atoms with E-state index in [1.807, 2.05) is 10.9 Å². The van der Waals surface area contributed by atoms with Crippen LogP contribution in [0.2, 0.25) is 0 Å². The van der Waals surface area contributed by atoms with Gasteiger partial charge in [-0.1, -0.05) is 19.9 Å². The fourth-order valence-electron chi connectivity index (χ4n) is 6.26. The second-order valence-electron chi connectivity index (χ2n) is 10.7. The molecular weight excluding hydrogens is 485 g/mol. The maximum atomic E-state index is 13.9. The Balaban J connectivity index is 1.51. The number of piperazine rings is 1. The summed E-state index contributed by atoms with van der Waals surface area (Å²) in [6, 6.07) is 6.85. The van der Waals surface area contributed by atoms with Crippen molar-refractivity contribution in [2.45, 2.75) is 83.8 Å². The van der Waals surface area contributed by atoms with Gasteiger partial charge in [0.15, 0.2) is 0 Å². The van der Waals surface area contributed by atoms with Gasteiger partial charge in [0.05, 0.1) is 24.0 Å². The summed E-state index contributed by atoms with van der Waals surface area (Å²) >= 11 is 0. The molecule has 0 saturated carbocycles.